The molecular formula is C15H9F3NS. The van der Waals surface area contributed by atoms with E-state index in [1.807, 2.05) is 11.4 Å². The number of hydrogen-bond donors (Lipinski definition) is 0. The monoisotopic (exact) mass is 292 g/mol. The number of nitrogens with zero attached hydrogens (tertiary/aromatic N) is 1. The molecule has 0 aliphatic carbocycles. The van der Waals surface area contributed by atoms with Gasteiger partial charge in [-0.05, 0) is 29.6 Å². The molecule has 3 rings (SSSR count). The number of halogens is 3. The molecule has 1 radical (unpaired) electrons. The van der Waals surface area contributed by atoms with Gasteiger partial charge in [-0.3, -0.25) is 0 Å². The van der Waals surface area contributed by atoms with Crippen LogP contribution in [-0.2, 0) is 6.18 Å². The lowest BCUT2D eigenvalue weighted by atomic mass is 10.3. The predicted octanol–water partition coefficient (Wildman–Crippen LogP) is 5.02. The van der Waals surface area contributed by atoms with Crippen LogP contribution in [0, 0.1) is 6.07 Å². The zero-order valence-electron chi connectivity index (χ0n) is 10.2. The van der Waals surface area contributed by atoms with Crippen LogP contribution in [0.5, 0.6) is 0 Å². The van der Waals surface area contributed by atoms with Gasteiger partial charge in [-0.25, -0.2) is 0 Å². The summed E-state index contributed by atoms with van der Waals surface area (Å²) in [5, 5.41) is 1.83. The molecule has 0 atom stereocenters. The van der Waals surface area contributed by atoms with Crippen molar-refractivity contribution < 1.29 is 13.2 Å². The summed E-state index contributed by atoms with van der Waals surface area (Å²) in [6.45, 7) is 0. The Bertz CT molecular complexity index is 697. The summed E-state index contributed by atoms with van der Waals surface area (Å²) in [7, 11) is 0. The summed E-state index contributed by atoms with van der Waals surface area (Å²) in [5.41, 5.74) is 0.190. The Balaban J connectivity index is 2.26. The number of hydrogen-bond acceptors (Lipinski definition) is 1. The van der Waals surface area contributed by atoms with Crippen LogP contribution >= 0.6 is 11.3 Å². The van der Waals surface area contributed by atoms with E-state index in [0.29, 0.717) is 11.4 Å². The van der Waals surface area contributed by atoms with Gasteiger partial charge in [0.05, 0.1) is 10.6 Å². The fraction of sp³-hybridized carbons (Fsp3) is 0.0667. The quantitative estimate of drug-likeness (QED) is 0.624. The average Bonchev–Trinajstić information content (AvgIpc) is 3.07. The predicted molar refractivity (Wildman–Crippen MR) is 72.9 cm³/mol. The molecule has 3 aromatic rings. The van der Waals surface area contributed by atoms with E-state index in [1.54, 1.807) is 36.4 Å². The summed E-state index contributed by atoms with van der Waals surface area (Å²) >= 11 is 1.39. The molecule has 0 amide bonds. The van der Waals surface area contributed by atoms with Crippen LogP contribution in [-0.4, -0.2) is 4.57 Å². The standard InChI is InChI=1S/C15H9F3NS/c16-15(17,18)14-9-8-12(13-7-4-10-20-13)19(14)11-5-2-1-3-6-11/h1-7,9-10H. The highest BCUT2D eigenvalue weighted by Gasteiger charge is 2.36. The summed E-state index contributed by atoms with van der Waals surface area (Å²) in [4.78, 5) is 0.754. The van der Waals surface area contributed by atoms with Gasteiger partial charge in [-0.1, -0.05) is 24.3 Å². The molecule has 0 aliphatic rings. The van der Waals surface area contributed by atoms with E-state index >= 15 is 0 Å². The third kappa shape index (κ3) is 2.25. The first-order valence-corrected chi connectivity index (χ1v) is 6.75. The second kappa shape index (κ2) is 4.83. The van der Waals surface area contributed by atoms with Crippen molar-refractivity contribution in [2.45, 2.75) is 6.18 Å². The highest BCUT2D eigenvalue weighted by molar-refractivity contribution is 7.13. The van der Waals surface area contributed by atoms with Gasteiger partial charge in [0.25, 0.3) is 0 Å². The minimum atomic E-state index is -4.41. The lowest BCUT2D eigenvalue weighted by Gasteiger charge is -2.14. The van der Waals surface area contributed by atoms with E-state index in [0.717, 1.165) is 10.9 Å². The van der Waals surface area contributed by atoms with Crippen molar-refractivity contribution in [2.75, 3.05) is 0 Å². The number of benzene rings is 1. The molecule has 1 aromatic carbocycles. The van der Waals surface area contributed by atoms with Crippen LogP contribution < -0.4 is 0 Å². The van der Waals surface area contributed by atoms with Gasteiger partial charge in [-0.2, -0.15) is 13.2 Å². The fourth-order valence-corrected chi connectivity index (χ4v) is 2.76. The Labute approximate surface area is 117 Å². The van der Waals surface area contributed by atoms with Gasteiger partial charge >= 0.3 is 6.18 Å². The highest BCUT2D eigenvalue weighted by Crippen LogP contribution is 2.37. The number of para-hydroxylation sites is 1. The largest absolute Gasteiger partial charge is 0.431 e. The van der Waals surface area contributed by atoms with Crippen LogP contribution in [0.3, 0.4) is 0 Å². The summed E-state index contributed by atoms with van der Waals surface area (Å²) < 4.78 is 40.7. The minimum Gasteiger partial charge on any atom is -0.304 e. The van der Waals surface area contributed by atoms with Gasteiger partial charge < -0.3 is 4.57 Å². The van der Waals surface area contributed by atoms with Crippen LogP contribution in [0.25, 0.3) is 16.3 Å². The Morgan fingerprint density at radius 1 is 1.00 bits per heavy atom. The maximum absolute atomic E-state index is 13.2. The van der Waals surface area contributed by atoms with Crippen LogP contribution in [0.4, 0.5) is 13.2 Å². The Morgan fingerprint density at radius 3 is 2.35 bits per heavy atom. The first-order valence-electron chi connectivity index (χ1n) is 5.87. The van der Waals surface area contributed by atoms with Gasteiger partial charge in [0.2, 0.25) is 0 Å². The van der Waals surface area contributed by atoms with Crippen molar-refractivity contribution in [3.05, 3.63) is 65.7 Å². The fourth-order valence-electron chi connectivity index (χ4n) is 2.03. The summed E-state index contributed by atoms with van der Waals surface area (Å²) in [5.74, 6) is 0. The Kier molecular flexibility index (Phi) is 3.14. The summed E-state index contributed by atoms with van der Waals surface area (Å²) in [6, 6.07) is 15.8. The topological polar surface area (TPSA) is 4.93 Å². The molecule has 5 heteroatoms. The molecule has 0 saturated carbocycles. The number of rotatable bonds is 2. The average molecular weight is 292 g/mol. The van der Waals surface area contributed by atoms with E-state index in [-0.39, 0.29) is 0 Å². The minimum absolute atomic E-state index is 0.429. The number of aromatic nitrogens is 1. The van der Waals surface area contributed by atoms with Gasteiger partial charge in [0.1, 0.15) is 5.69 Å². The second-order valence-corrected chi connectivity index (χ2v) is 5.12. The van der Waals surface area contributed by atoms with Crippen LogP contribution in [0.15, 0.2) is 53.9 Å². The van der Waals surface area contributed by atoms with Crippen molar-refractivity contribution in [1.29, 1.82) is 0 Å². The lowest BCUT2D eigenvalue weighted by Crippen LogP contribution is -2.12. The van der Waals surface area contributed by atoms with Crippen molar-refractivity contribution in [3.63, 3.8) is 0 Å². The van der Waals surface area contributed by atoms with E-state index in [2.05, 4.69) is 6.07 Å². The zero-order chi connectivity index (χ0) is 14.2. The van der Waals surface area contributed by atoms with Gasteiger partial charge in [0, 0.05) is 11.8 Å². The Morgan fingerprint density at radius 2 is 1.75 bits per heavy atom. The van der Waals surface area contributed by atoms with Crippen molar-refractivity contribution in [1.82, 2.24) is 4.57 Å². The van der Waals surface area contributed by atoms with Gasteiger partial charge in [-0.15, -0.1) is 11.3 Å². The number of alkyl halides is 3. The zero-order valence-corrected chi connectivity index (χ0v) is 11.0. The molecule has 0 unspecified atom stereocenters. The van der Waals surface area contributed by atoms with Crippen LogP contribution in [0.1, 0.15) is 5.69 Å². The Hall–Kier alpha value is -2.01. The van der Waals surface area contributed by atoms with Crippen LogP contribution in [0.2, 0.25) is 0 Å². The number of thiophene rings is 1. The summed E-state index contributed by atoms with van der Waals surface area (Å²) in [6.07, 6.45) is -4.41. The molecule has 2 heterocycles. The molecule has 20 heavy (non-hydrogen) atoms. The lowest BCUT2D eigenvalue weighted by molar-refractivity contribution is -0.142. The van der Waals surface area contributed by atoms with Gasteiger partial charge in [0.15, 0.2) is 0 Å². The molecule has 0 spiro atoms. The second-order valence-electron chi connectivity index (χ2n) is 4.17. The molecule has 0 saturated heterocycles. The first-order chi connectivity index (χ1) is 9.57. The normalized spacial score (nSPS) is 11.8. The smallest absolute Gasteiger partial charge is 0.304 e. The molecular weight excluding hydrogens is 283 g/mol. The molecule has 0 aliphatic heterocycles. The van der Waals surface area contributed by atoms with E-state index < -0.39 is 11.9 Å². The van der Waals surface area contributed by atoms with Crippen molar-refractivity contribution in [3.8, 4) is 16.3 Å². The molecule has 0 fully saturated rings. The molecule has 0 bridgehead atoms. The molecule has 2 aromatic heterocycles. The van der Waals surface area contributed by atoms with E-state index in [4.69, 9.17) is 0 Å². The third-order valence-electron chi connectivity index (χ3n) is 2.87. The van der Waals surface area contributed by atoms with Crippen molar-refractivity contribution in [2.24, 2.45) is 0 Å². The van der Waals surface area contributed by atoms with Crippen molar-refractivity contribution >= 4 is 11.3 Å². The molecule has 0 N–H and O–H groups in total. The maximum atomic E-state index is 13.2. The van der Waals surface area contributed by atoms with E-state index in [9.17, 15) is 13.2 Å². The molecule has 1 nitrogen and oxygen atoms in total. The SMILES string of the molecule is FC(F)(F)c1c[c]c(-c2cccs2)n1-c1ccccc1. The highest BCUT2D eigenvalue weighted by atomic mass is 32.1. The molecule has 101 valence electrons. The third-order valence-corrected chi connectivity index (χ3v) is 3.75. The van der Waals surface area contributed by atoms with E-state index in [1.165, 1.54) is 15.9 Å². The first kappa shape index (κ1) is 13.0. The maximum Gasteiger partial charge on any atom is 0.431 e.